The van der Waals surface area contributed by atoms with Crippen LogP contribution in [0.25, 0.3) is 5.69 Å². The second kappa shape index (κ2) is 11.1. The Bertz CT molecular complexity index is 1670. The van der Waals surface area contributed by atoms with Gasteiger partial charge >= 0.3 is 0 Å². The number of fused-ring (bicyclic) bond motifs is 1. The van der Waals surface area contributed by atoms with Crippen molar-refractivity contribution in [3.63, 3.8) is 0 Å². The zero-order chi connectivity index (χ0) is 28.6. The van der Waals surface area contributed by atoms with Gasteiger partial charge in [-0.2, -0.15) is 5.10 Å². The molecule has 0 fully saturated rings. The van der Waals surface area contributed by atoms with Crippen LogP contribution >= 0.6 is 23.2 Å². The van der Waals surface area contributed by atoms with E-state index in [1.54, 1.807) is 55.3 Å². The highest BCUT2D eigenvalue weighted by molar-refractivity contribution is 6.42. The van der Waals surface area contributed by atoms with Gasteiger partial charge in [0.05, 0.1) is 34.5 Å². The number of benzene rings is 2. The lowest BCUT2D eigenvalue weighted by Gasteiger charge is -2.34. The Morgan fingerprint density at radius 2 is 1.80 bits per heavy atom. The number of halogens is 2. The fourth-order valence-electron chi connectivity index (χ4n) is 4.62. The summed E-state index contributed by atoms with van der Waals surface area (Å²) in [7, 11) is 1.55. The van der Waals surface area contributed by atoms with Crippen molar-refractivity contribution in [1.82, 2.24) is 34.9 Å². The lowest BCUT2D eigenvalue weighted by Crippen LogP contribution is -2.46. The van der Waals surface area contributed by atoms with Crippen LogP contribution in [0.1, 0.15) is 50.5 Å². The van der Waals surface area contributed by atoms with Gasteiger partial charge in [-0.25, -0.2) is 14.5 Å². The second-order valence-corrected chi connectivity index (χ2v) is 10.2. The topological polar surface area (TPSA) is 138 Å². The normalized spacial score (nSPS) is 14.5. The van der Waals surface area contributed by atoms with Crippen molar-refractivity contribution in [2.45, 2.75) is 39.4 Å². The molecule has 2 aromatic carbocycles. The van der Waals surface area contributed by atoms with Crippen molar-refractivity contribution < 1.29 is 9.59 Å². The molecule has 1 aliphatic rings. The number of hydrogen-bond donors (Lipinski definition) is 3. The summed E-state index contributed by atoms with van der Waals surface area (Å²) in [6, 6.07) is 11.1. The number of carbonyl (C=O) groups is 2. The van der Waals surface area contributed by atoms with Crippen LogP contribution in [0.15, 0.2) is 47.3 Å². The molecule has 0 saturated carbocycles. The number of H-pyrrole nitrogens is 1. The minimum absolute atomic E-state index is 0.135. The molecule has 11 nitrogen and oxygen atoms in total. The number of anilines is 1. The molecule has 206 valence electrons. The Kier molecular flexibility index (Phi) is 7.59. The van der Waals surface area contributed by atoms with Crippen molar-refractivity contribution in [3.8, 4) is 5.69 Å². The molecule has 3 heterocycles. The third-order valence-corrected chi connectivity index (χ3v) is 7.44. The summed E-state index contributed by atoms with van der Waals surface area (Å²) in [6.45, 7) is 4.01. The van der Waals surface area contributed by atoms with E-state index in [4.69, 9.17) is 28.2 Å². The second-order valence-electron chi connectivity index (χ2n) is 9.43. The maximum absolute atomic E-state index is 13.9. The van der Waals surface area contributed by atoms with Crippen LogP contribution in [0.5, 0.6) is 0 Å². The smallest absolute Gasteiger partial charge is 0.263 e. The van der Waals surface area contributed by atoms with Crippen LogP contribution in [0, 0.1) is 6.92 Å². The Labute approximate surface area is 239 Å². The van der Waals surface area contributed by atoms with Gasteiger partial charge in [-0.1, -0.05) is 23.2 Å². The van der Waals surface area contributed by atoms with Crippen molar-refractivity contribution in [2.24, 2.45) is 0 Å². The monoisotopic (exact) mass is 580 g/mol. The molecule has 0 spiro atoms. The fourth-order valence-corrected chi connectivity index (χ4v) is 4.91. The van der Waals surface area contributed by atoms with Crippen LogP contribution in [0.2, 0.25) is 10.0 Å². The highest BCUT2D eigenvalue weighted by Gasteiger charge is 2.32. The molecule has 0 radical (unpaired) electrons. The summed E-state index contributed by atoms with van der Waals surface area (Å²) >= 11 is 12.2. The number of rotatable bonds is 6. The molecule has 4 aromatic rings. The van der Waals surface area contributed by atoms with E-state index in [1.165, 1.54) is 10.6 Å². The Morgan fingerprint density at radius 3 is 2.45 bits per heavy atom. The van der Waals surface area contributed by atoms with Gasteiger partial charge in [0.25, 0.3) is 17.4 Å². The first-order valence-electron chi connectivity index (χ1n) is 12.5. The number of carbonyl (C=O) groups excluding carboxylic acids is 2. The van der Waals surface area contributed by atoms with Crippen LogP contribution in [-0.2, 0) is 19.5 Å². The first-order chi connectivity index (χ1) is 19.2. The van der Waals surface area contributed by atoms with E-state index in [1.807, 2.05) is 6.92 Å². The van der Waals surface area contributed by atoms with E-state index in [2.05, 4.69) is 25.8 Å². The molecule has 40 heavy (non-hydrogen) atoms. The van der Waals surface area contributed by atoms with E-state index in [0.29, 0.717) is 51.2 Å². The minimum atomic E-state index is -0.275. The molecule has 3 N–H and O–H groups in total. The van der Waals surface area contributed by atoms with Gasteiger partial charge < -0.3 is 15.5 Å². The molecule has 0 saturated heterocycles. The molecular weight excluding hydrogens is 555 g/mol. The summed E-state index contributed by atoms with van der Waals surface area (Å²) < 4.78 is 1.47. The summed E-state index contributed by atoms with van der Waals surface area (Å²) in [4.78, 5) is 50.2. The quantitative estimate of drug-likeness (QED) is 0.317. The molecular formula is C27H26Cl2N8O3. The molecule has 2 aromatic heterocycles. The van der Waals surface area contributed by atoms with Crippen molar-refractivity contribution in [3.05, 3.63) is 96.9 Å². The number of nitrogens with one attached hydrogen (secondary N) is 3. The molecule has 0 aliphatic carbocycles. The average Bonchev–Trinajstić information content (AvgIpc) is 3.37. The average molecular weight is 581 g/mol. The number of aryl methyl sites for hydroxylation is 1. The molecule has 2 amide bonds. The number of hydrogen-bond acceptors (Lipinski definition) is 7. The van der Waals surface area contributed by atoms with Crippen LogP contribution in [0.4, 0.5) is 5.95 Å². The van der Waals surface area contributed by atoms with Gasteiger partial charge in [-0.05, 0) is 62.7 Å². The zero-order valence-corrected chi connectivity index (χ0v) is 23.5. The predicted octanol–water partition coefficient (Wildman–Crippen LogP) is 3.52. The van der Waals surface area contributed by atoms with Crippen molar-refractivity contribution >= 4 is 41.0 Å². The molecule has 1 aliphatic heterocycles. The summed E-state index contributed by atoms with van der Waals surface area (Å²) in [5, 5.41) is 13.3. The Hall–Kier alpha value is -4.22. The largest absolute Gasteiger partial charge is 0.355 e. The number of aromatic nitrogens is 5. The van der Waals surface area contributed by atoms with E-state index in [-0.39, 0.29) is 47.5 Å². The Balaban J connectivity index is 1.54. The van der Waals surface area contributed by atoms with Gasteiger partial charge in [-0.3, -0.25) is 19.5 Å². The standard InChI is InChI=1S/C27H26Cl2N8O3/c1-14-10-19-22(13-36(14)25(39)17-6-9-20(28)21(29)11-17)33-27(31-12-23-32-15(2)34-35-23)37(26(19)40)18-7-4-16(5-8-18)24(38)30-3/h4-9,11,14H,10,12-13H2,1-3H3,(H,30,38)(H,31,33)(H,32,34,35)/t14-/m1/s1. The summed E-state index contributed by atoms with van der Waals surface area (Å²) in [6.07, 6.45) is 0.310. The molecule has 0 bridgehead atoms. The molecule has 1 atom stereocenters. The van der Waals surface area contributed by atoms with Crippen LogP contribution in [-0.4, -0.2) is 54.5 Å². The van der Waals surface area contributed by atoms with Crippen LogP contribution < -0.4 is 16.2 Å². The maximum Gasteiger partial charge on any atom is 0.263 e. The summed E-state index contributed by atoms with van der Waals surface area (Å²) in [5.74, 6) is 0.939. The third-order valence-electron chi connectivity index (χ3n) is 6.70. The van der Waals surface area contributed by atoms with Gasteiger partial charge in [0.2, 0.25) is 5.95 Å². The number of nitrogens with zero attached hydrogens (tertiary/aromatic N) is 5. The highest BCUT2D eigenvalue weighted by atomic mass is 35.5. The van der Waals surface area contributed by atoms with Gasteiger partial charge in [0.1, 0.15) is 5.82 Å². The van der Waals surface area contributed by atoms with Crippen molar-refractivity contribution in [1.29, 1.82) is 0 Å². The zero-order valence-electron chi connectivity index (χ0n) is 22.0. The molecule has 0 unspecified atom stereocenters. The van der Waals surface area contributed by atoms with Gasteiger partial charge in [0.15, 0.2) is 5.82 Å². The lowest BCUT2D eigenvalue weighted by atomic mass is 9.98. The number of amides is 2. The van der Waals surface area contributed by atoms with E-state index < -0.39 is 0 Å². The fraction of sp³-hybridized carbons (Fsp3) is 0.259. The Morgan fingerprint density at radius 1 is 1.07 bits per heavy atom. The highest BCUT2D eigenvalue weighted by Crippen LogP contribution is 2.27. The van der Waals surface area contributed by atoms with E-state index in [0.717, 1.165) is 0 Å². The van der Waals surface area contributed by atoms with E-state index >= 15 is 0 Å². The predicted molar refractivity (Wildman–Crippen MR) is 151 cm³/mol. The first kappa shape index (κ1) is 27.4. The minimum Gasteiger partial charge on any atom is -0.355 e. The molecule has 5 rings (SSSR count). The third kappa shape index (κ3) is 5.30. The molecule has 13 heteroatoms. The maximum atomic E-state index is 13.9. The van der Waals surface area contributed by atoms with Gasteiger partial charge in [-0.15, -0.1) is 0 Å². The number of aromatic amines is 1. The van der Waals surface area contributed by atoms with Gasteiger partial charge in [0, 0.05) is 29.8 Å². The lowest BCUT2D eigenvalue weighted by molar-refractivity contribution is 0.0653. The SMILES string of the molecule is CNC(=O)c1ccc(-n2c(NCc3n[nH]c(C)n3)nc3c(c2=O)C[C@@H](C)N(C(=O)c2ccc(Cl)c(Cl)c2)C3)cc1. The summed E-state index contributed by atoms with van der Waals surface area (Å²) in [5.41, 5.74) is 2.13. The van der Waals surface area contributed by atoms with Crippen molar-refractivity contribution in [2.75, 3.05) is 12.4 Å². The first-order valence-corrected chi connectivity index (χ1v) is 13.3. The van der Waals surface area contributed by atoms with Crippen LogP contribution in [0.3, 0.4) is 0 Å². The van der Waals surface area contributed by atoms with E-state index in [9.17, 15) is 14.4 Å².